The summed E-state index contributed by atoms with van der Waals surface area (Å²) in [6, 6.07) is 11.9. The van der Waals surface area contributed by atoms with Crippen LogP contribution in [0.2, 0.25) is 0 Å². The maximum atomic E-state index is 12.7. The highest BCUT2D eigenvalue weighted by atomic mass is 79.9. The van der Waals surface area contributed by atoms with Crippen LogP contribution in [0.15, 0.2) is 58.6 Å². The predicted octanol–water partition coefficient (Wildman–Crippen LogP) is 4.32. The average molecular weight is 414 g/mol. The second-order valence-electron chi connectivity index (χ2n) is 6.13. The first-order valence-electron chi connectivity index (χ1n) is 8.06. The fourth-order valence-electron chi connectivity index (χ4n) is 2.91. The van der Waals surface area contributed by atoms with Gasteiger partial charge in [0.2, 0.25) is 5.91 Å². The smallest absolute Gasteiger partial charge is 0.231 e. The van der Waals surface area contributed by atoms with Crippen LogP contribution >= 0.6 is 27.3 Å². The van der Waals surface area contributed by atoms with Crippen molar-refractivity contribution in [2.45, 2.75) is 24.8 Å². The number of thiazole rings is 1. The summed E-state index contributed by atoms with van der Waals surface area (Å²) in [6.07, 6.45) is 5.32. The normalized spacial score (nSPS) is 14.9. The van der Waals surface area contributed by atoms with Crippen molar-refractivity contribution in [2.24, 2.45) is 0 Å². The molecule has 126 valence electrons. The fourth-order valence-corrected chi connectivity index (χ4v) is 3.92. The summed E-state index contributed by atoms with van der Waals surface area (Å²) >= 11 is 5.00. The van der Waals surface area contributed by atoms with E-state index < -0.39 is 0 Å². The molecule has 2 heterocycles. The average Bonchev–Trinajstić information content (AvgIpc) is 3.32. The van der Waals surface area contributed by atoms with Gasteiger partial charge in [0.1, 0.15) is 5.01 Å². The predicted molar refractivity (Wildman–Crippen MR) is 102 cm³/mol. The highest BCUT2D eigenvalue weighted by Gasteiger charge is 2.51. The number of carbonyl (C=O) groups is 1. The third kappa shape index (κ3) is 3.37. The Kier molecular flexibility index (Phi) is 4.39. The van der Waals surface area contributed by atoms with E-state index in [4.69, 9.17) is 0 Å². The maximum absolute atomic E-state index is 12.7. The van der Waals surface area contributed by atoms with Crippen LogP contribution in [0.25, 0.3) is 11.3 Å². The molecule has 0 unspecified atom stereocenters. The summed E-state index contributed by atoms with van der Waals surface area (Å²) in [7, 11) is 0. The molecule has 0 aliphatic heterocycles. The molecule has 4 nitrogen and oxygen atoms in total. The van der Waals surface area contributed by atoms with Gasteiger partial charge in [-0.3, -0.25) is 9.78 Å². The molecule has 0 bridgehead atoms. The Bertz CT molecular complexity index is 889. The van der Waals surface area contributed by atoms with Crippen molar-refractivity contribution in [3.8, 4) is 11.3 Å². The molecule has 3 aromatic rings. The van der Waals surface area contributed by atoms with Crippen molar-refractivity contribution in [3.63, 3.8) is 0 Å². The third-order valence-electron chi connectivity index (χ3n) is 4.51. The summed E-state index contributed by atoms with van der Waals surface area (Å²) in [5, 5.41) is 5.99. The molecular formula is C19H16BrN3OS. The maximum Gasteiger partial charge on any atom is 0.231 e. The quantitative estimate of drug-likeness (QED) is 0.677. The van der Waals surface area contributed by atoms with E-state index in [0.717, 1.165) is 39.1 Å². The van der Waals surface area contributed by atoms with Gasteiger partial charge in [0.25, 0.3) is 0 Å². The van der Waals surface area contributed by atoms with Gasteiger partial charge < -0.3 is 5.32 Å². The molecule has 0 spiro atoms. The zero-order chi connectivity index (χ0) is 17.3. The molecule has 1 amide bonds. The Morgan fingerprint density at radius 2 is 1.88 bits per heavy atom. The molecule has 25 heavy (non-hydrogen) atoms. The number of nitrogens with zero attached hydrogens (tertiary/aromatic N) is 2. The van der Waals surface area contributed by atoms with Crippen molar-refractivity contribution in [1.82, 2.24) is 15.3 Å². The minimum atomic E-state index is -0.355. The Hall–Kier alpha value is -2.05. The lowest BCUT2D eigenvalue weighted by Crippen LogP contribution is -2.34. The van der Waals surface area contributed by atoms with Gasteiger partial charge in [-0.25, -0.2) is 4.98 Å². The zero-order valence-corrected chi connectivity index (χ0v) is 15.8. The van der Waals surface area contributed by atoms with E-state index in [9.17, 15) is 4.79 Å². The Morgan fingerprint density at radius 3 is 2.56 bits per heavy atom. The lowest BCUT2D eigenvalue weighted by molar-refractivity contribution is -0.123. The van der Waals surface area contributed by atoms with Crippen LogP contribution in [-0.4, -0.2) is 15.9 Å². The number of pyridine rings is 1. The molecule has 1 fully saturated rings. The number of amides is 1. The number of rotatable bonds is 5. The molecule has 1 aromatic carbocycles. The minimum Gasteiger partial charge on any atom is -0.349 e. The summed E-state index contributed by atoms with van der Waals surface area (Å²) in [5.41, 5.74) is 2.69. The number of nitrogens with one attached hydrogen (secondary N) is 1. The Balaban J connectivity index is 1.43. The molecule has 4 rings (SSSR count). The van der Waals surface area contributed by atoms with E-state index in [1.807, 2.05) is 41.8 Å². The van der Waals surface area contributed by atoms with Crippen molar-refractivity contribution in [3.05, 3.63) is 69.2 Å². The van der Waals surface area contributed by atoms with Crippen LogP contribution in [-0.2, 0) is 16.8 Å². The zero-order valence-electron chi connectivity index (χ0n) is 13.4. The second-order valence-corrected chi connectivity index (χ2v) is 7.99. The highest BCUT2D eigenvalue weighted by molar-refractivity contribution is 9.10. The SMILES string of the molecule is O=C(NCc1nc(-c2ccncc2)cs1)C1(c2ccc(Br)cc2)CC1. The van der Waals surface area contributed by atoms with E-state index >= 15 is 0 Å². The fraction of sp³-hybridized carbons (Fsp3) is 0.211. The molecule has 6 heteroatoms. The first kappa shape index (κ1) is 16.4. The second kappa shape index (κ2) is 6.69. The largest absolute Gasteiger partial charge is 0.349 e. The number of carbonyl (C=O) groups excluding carboxylic acids is 1. The van der Waals surface area contributed by atoms with Crippen molar-refractivity contribution in [2.75, 3.05) is 0 Å². The molecule has 0 saturated heterocycles. The van der Waals surface area contributed by atoms with Crippen molar-refractivity contribution in [1.29, 1.82) is 0 Å². The third-order valence-corrected chi connectivity index (χ3v) is 5.89. The standard InChI is InChI=1S/C19H16BrN3OS/c20-15-3-1-14(2-4-15)19(7-8-19)18(24)22-11-17-23-16(12-25-17)13-5-9-21-10-6-13/h1-6,9-10,12H,7-8,11H2,(H,22,24). The first-order valence-corrected chi connectivity index (χ1v) is 9.74. The van der Waals surface area contributed by atoms with Crippen LogP contribution in [0.5, 0.6) is 0 Å². The molecule has 1 aliphatic rings. The van der Waals surface area contributed by atoms with Crippen LogP contribution in [0.1, 0.15) is 23.4 Å². The summed E-state index contributed by atoms with van der Waals surface area (Å²) in [6.45, 7) is 0.465. The van der Waals surface area contributed by atoms with Crippen molar-refractivity contribution >= 4 is 33.2 Å². The topological polar surface area (TPSA) is 54.9 Å². The van der Waals surface area contributed by atoms with E-state index in [2.05, 4.69) is 31.2 Å². The van der Waals surface area contributed by atoms with Gasteiger partial charge >= 0.3 is 0 Å². The van der Waals surface area contributed by atoms with Crippen LogP contribution < -0.4 is 5.32 Å². The molecule has 1 aliphatic carbocycles. The van der Waals surface area contributed by atoms with Crippen LogP contribution in [0.4, 0.5) is 0 Å². The number of hydrogen-bond donors (Lipinski definition) is 1. The van der Waals surface area contributed by atoms with Gasteiger partial charge in [0.05, 0.1) is 17.7 Å². The summed E-state index contributed by atoms with van der Waals surface area (Å²) < 4.78 is 1.03. The molecular weight excluding hydrogens is 398 g/mol. The summed E-state index contributed by atoms with van der Waals surface area (Å²) in [4.78, 5) is 21.3. The van der Waals surface area contributed by atoms with Crippen molar-refractivity contribution < 1.29 is 4.79 Å². The van der Waals surface area contributed by atoms with Crippen LogP contribution in [0, 0.1) is 0 Å². The molecule has 0 radical (unpaired) electrons. The van der Waals surface area contributed by atoms with Gasteiger partial charge in [0, 0.05) is 27.8 Å². The Labute approximate surface area is 158 Å². The number of halogens is 1. The molecule has 0 atom stereocenters. The number of aromatic nitrogens is 2. The van der Waals surface area contributed by atoms with Gasteiger partial charge in [-0.2, -0.15) is 0 Å². The van der Waals surface area contributed by atoms with E-state index in [-0.39, 0.29) is 11.3 Å². The lowest BCUT2D eigenvalue weighted by Gasteiger charge is -2.15. The van der Waals surface area contributed by atoms with E-state index in [1.54, 1.807) is 23.7 Å². The Morgan fingerprint density at radius 1 is 1.16 bits per heavy atom. The van der Waals surface area contributed by atoms with Crippen LogP contribution in [0.3, 0.4) is 0 Å². The van der Waals surface area contributed by atoms with Gasteiger partial charge in [0.15, 0.2) is 0 Å². The lowest BCUT2D eigenvalue weighted by atomic mass is 9.95. The first-order chi connectivity index (χ1) is 12.2. The van der Waals surface area contributed by atoms with Gasteiger partial charge in [-0.15, -0.1) is 11.3 Å². The number of hydrogen-bond acceptors (Lipinski definition) is 4. The minimum absolute atomic E-state index is 0.0930. The van der Waals surface area contributed by atoms with E-state index in [0.29, 0.717) is 6.54 Å². The highest BCUT2D eigenvalue weighted by Crippen LogP contribution is 2.48. The van der Waals surface area contributed by atoms with Gasteiger partial charge in [-0.1, -0.05) is 28.1 Å². The molecule has 1 N–H and O–H groups in total. The van der Waals surface area contributed by atoms with Gasteiger partial charge in [-0.05, 0) is 42.7 Å². The van der Waals surface area contributed by atoms with E-state index in [1.165, 1.54) is 0 Å². The monoisotopic (exact) mass is 413 g/mol. The molecule has 2 aromatic heterocycles. The number of benzene rings is 1. The molecule has 1 saturated carbocycles. The summed E-state index contributed by atoms with van der Waals surface area (Å²) in [5.74, 6) is 0.0930.